The highest BCUT2D eigenvalue weighted by atomic mass is 16.6. The monoisotopic (exact) mass is 237 g/mol. The second kappa shape index (κ2) is 5.43. The summed E-state index contributed by atoms with van der Waals surface area (Å²) in [5.74, 6) is 0.523. The van der Waals surface area contributed by atoms with Gasteiger partial charge in [0.15, 0.2) is 5.78 Å². The van der Waals surface area contributed by atoms with Crippen LogP contribution in [0, 0.1) is 24.0 Å². The van der Waals surface area contributed by atoms with Gasteiger partial charge in [0.05, 0.1) is 4.92 Å². The lowest BCUT2D eigenvalue weighted by Crippen LogP contribution is -2.10. The number of nitro groups is 1. The zero-order valence-electron chi connectivity index (χ0n) is 10.1. The molecule has 0 atom stereocenters. The van der Waals surface area contributed by atoms with Crippen molar-refractivity contribution in [1.29, 1.82) is 0 Å². The first kappa shape index (κ1) is 13.2. The molecule has 0 spiro atoms. The number of nitrogens with zero attached hydrogens (tertiary/aromatic N) is 1. The van der Waals surface area contributed by atoms with E-state index in [9.17, 15) is 14.9 Å². The standard InChI is InChI=1S/C12H15NO4/c1-4-10(14)7-17-12-6-8(2)11(13(15)16)5-9(12)3/h5-6H,4,7H2,1-3H3. The van der Waals surface area contributed by atoms with Crippen LogP contribution in [0.15, 0.2) is 12.1 Å². The third-order valence-electron chi connectivity index (χ3n) is 2.47. The second-order valence-electron chi connectivity index (χ2n) is 3.84. The number of ether oxygens (including phenoxy) is 1. The van der Waals surface area contributed by atoms with Crippen molar-refractivity contribution in [2.75, 3.05) is 6.61 Å². The van der Waals surface area contributed by atoms with Crippen LogP contribution >= 0.6 is 0 Å². The number of Topliss-reactive ketones (excluding diaryl/α,β-unsaturated/α-hetero) is 1. The number of benzene rings is 1. The van der Waals surface area contributed by atoms with E-state index in [1.54, 1.807) is 26.8 Å². The third kappa shape index (κ3) is 3.27. The number of aryl methyl sites for hydroxylation is 2. The smallest absolute Gasteiger partial charge is 0.272 e. The van der Waals surface area contributed by atoms with Crippen LogP contribution < -0.4 is 4.74 Å². The van der Waals surface area contributed by atoms with Crippen LogP contribution in [0.3, 0.4) is 0 Å². The number of hydrogen-bond donors (Lipinski definition) is 0. The molecule has 0 bridgehead atoms. The molecule has 0 aliphatic rings. The SMILES string of the molecule is CCC(=O)COc1cc(C)c([N+](=O)[O-])cc1C. The highest BCUT2D eigenvalue weighted by molar-refractivity contribution is 5.79. The molecule has 0 fully saturated rings. The maximum atomic E-state index is 11.1. The van der Waals surface area contributed by atoms with Crippen molar-refractivity contribution in [3.63, 3.8) is 0 Å². The highest BCUT2D eigenvalue weighted by Crippen LogP contribution is 2.27. The Morgan fingerprint density at radius 2 is 2.00 bits per heavy atom. The van der Waals surface area contributed by atoms with E-state index >= 15 is 0 Å². The summed E-state index contributed by atoms with van der Waals surface area (Å²) in [4.78, 5) is 21.4. The number of carbonyl (C=O) groups is 1. The summed E-state index contributed by atoms with van der Waals surface area (Å²) in [5, 5.41) is 10.7. The van der Waals surface area contributed by atoms with Gasteiger partial charge in [-0.05, 0) is 25.5 Å². The van der Waals surface area contributed by atoms with Crippen LogP contribution in [-0.4, -0.2) is 17.3 Å². The summed E-state index contributed by atoms with van der Waals surface area (Å²) in [6.45, 7) is 5.14. The highest BCUT2D eigenvalue weighted by Gasteiger charge is 2.14. The van der Waals surface area contributed by atoms with Crippen molar-refractivity contribution >= 4 is 11.5 Å². The van der Waals surface area contributed by atoms with Gasteiger partial charge in [-0.1, -0.05) is 6.92 Å². The van der Waals surface area contributed by atoms with Crippen molar-refractivity contribution in [2.45, 2.75) is 27.2 Å². The van der Waals surface area contributed by atoms with Crippen LogP contribution in [0.1, 0.15) is 24.5 Å². The quantitative estimate of drug-likeness (QED) is 0.583. The zero-order valence-corrected chi connectivity index (χ0v) is 10.1. The Hall–Kier alpha value is -1.91. The van der Waals surface area contributed by atoms with Gasteiger partial charge in [0.2, 0.25) is 0 Å². The number of hydrogen-bond acceptors (Lipinski definition) is 4. The third-order valence-corrected chi connectivity index (χ3v) is 2.47. The first-order chi connectivity index (χ1) is 7.95. The fraction of sp³-hybridized carbons (Fsp3) is 0.417. The van der Waals surface area contributed by atoms with Crippen LogP contribution in [0.25, 0.3) is 0 Å². The van der Waals surface area contributed by atoms with Gasteiger partial charge in [-0.15, -0.1) is 0 Å². The van der Waals surface area contributed by atoms with Crippen molar-refractivity contribution < 1.29 is 14.5 Å². The van der Waals surface area contributed by atoms with Crippen molar-refractivity contribution in [1.82, 2.24) is 0 Å². The molecule has 92 valence electrons. The molecule has 1 rings (SSSR count). The topological polar surface area (TPSA) is 69.4 Å². The molecular weight excluding hydrogens is 222 g/mol. The summed E-state index contributed by atoms with van der Waals surface area (Å²) in [6, 6.07) is 3.05. The maximum absolute atomic E-state index is 11.1. The van der Waals surface area contributed by atoms with Gasteiger partial charge in [-0.3, -0.25) is 14.9 Å². The van der Waals surface area contributed by atoms with E-state index in [-0.39, 0.29) is 18.1 Å². The average molecular weight is 237 g/mol. The normalized spacial score (nSPS) is 10.1. The number of ketones is 1. The van der Waals surface area contributed by atoms with Crippen LogP contribution in [0.2, 0.25) is 0 Å². The molecular formula is C12H15NO4. The lowest BCUT2D eigenvalue weighted by molar-refractivity contribution is -0.385. The van der Waals surface area contributed by atoms with Gasteiger partial charge < -0.3 is 4.74 Å². The molecule has 0 aliphatic carbocycles. The maximum Gasteiger partial charge on any atom is 0.272 e. The molecule has 1 aromatic rings. The average Bonchev–Trinajstić information content (AvgIpc) is 2.28. The number of carbonyl (C=O) groups excluding carboxylic acids is 1. The van der Waals surface area contributed by atoms with Gasteiger partial charge in [-0.25, -0.2) is 0 Å². The Morgan fingerprint density at radius 1 is 1.35 bits per heavy atom. The molecule has 0 saturated heterocycles. The summed E-state index contributed by atoms with van der Waals surface area (Å²) in [5.41, 5.74) is 1.25. The van der Waals surface area contributed by atoms with E-state index < -0.39 is 4.92 Å². The number of nitro benzene ring substituents is 1. The largest absolute Gasteiger partial charge is 0.486 e. The van der Waals surface area contributed by atoms with Gasteiger partial charge in [0.1, 0.15) is 12.4 Å². The molecule has 0 aromatic heterocycles. The Balaban J connectivity index is 2.92. The Kier molecular flexibility index (Phi) is 4.20. The van der Waals surface area contributed by atoms with Crippen LogP contribution in [-0.2, 0) is 4.79 Å². The fourth-order valence-electron chi connectivity index (χ4n) is 1.39. The lowest BCUT2D eigenvalue weighted by Gasteiger charge is -2.09. The van der Waals surface area contributed by atoms with Crippen molar-refractivity contribution in [2.24, 2.45) is 0 Å². The Morgan fingerprint density at radius 3 is 2.53 bits per heavy atom. The van der Waals surface area contributed by atoms with E-state index in [4.69, 9.17) is 4.74 Å². The summed E-state index contributed by atoms with van der Waals surface area (Å²) in [7, 11) is 0. The van der Waals surface area contributed by atoms with Gasteiger partial charge in [-0.2, -0.15) is 0 Å². The molecule has 1 aromatic carbocycles. The number of rotatable bonds is 5. The molecule has 17 heavy (non-hydrogen) atoms. The molecule has 0 heterocycles. The predicted octanol–water partition coefficient (Wildman–Crippen LogP) is 2.57. The van der Waals surface area contributed by atoms with E-state index in [0.717, 1.165) is 0 Å². The molecule has 5 nitrogen and oxygen atoms in total. The summed E-state index contributed by atoms with van der Waals surface area (Å²) < 4.78 is 5.33. The minimum atomic E-state index is -0.427. The molecule has 5 heteroatoms. The van der Waals surface area contributed by atoms with E-state index in [2.05, 4.69) is 0 Å². The second-order valence-corrected chi connectivity index (χ2v) is 3.84. The summed E-state index contributed by atoms with van der Waals surface area (Å²) >= 11 is 0. The van der Waals surface area contributed by atoms with Crippen molar-refractivity contribution in [3.8, 4) is 5.75 Å². The molecule has 0 N–H and O–H groups in total. The first-order valence-electron chi connectivity index (χ1n) is 5.35. The van der Waals surface area contributed by atoms with Gasteiger partial charge >= 0.3 is 0 Å². The zero-order chi connectivity index (χ0) is 13.0. The van der Waals surface area contributed by atoms with E-state index in [1.165, 1.54) is 6.07 Å². The van der Waals surface area contributed by atoms with Crippen LogP contribution in [0.5, 0.6) is 5.75 Å². The van der Waals surface area contributed by atoms with E-state index in [1.807, 2.05) is 0 Å². The Labute approximate surface area is 99.5 Å². The molecule has 0 aliphatic heterocycles. The van der Waals surface area contributed by atoms with Gasteiger partial charge in [0.25, 0.3) is 5.69 Å². The van der Waals surface area contributed by atoms with Gasteiger partial charge in [0, 0.05) is 18.1 Å². The first-order valence-corrected chi connectivity index (χ1v) is 5.35. The Bertz CT molecular complexity index is 454. The van der Waals surface area contributed by atoms with Crippen molar-refractivity contribution in [3.05, 3.63) is 33.4 Å². The predicted molar refractivity (Wildman–Crippen MR) is 63.4 cm³/mol. The lowest BCUT2D eigenvalue weighted by atomic mass is 10.1. The minimum absolute atomic E-state index is 0.000376. The van der Waals surface area contributed by atoms with Crippen LogP contribution in [0.4, 0.5) is 5.69 Å². The molecule has 0 saturated carbocycles. The molecule has 0 amide bonds. The van der Waals surface area contributed by atoms with E-state index in [0.29, 0.717) is 23.3 Å². The molecule has 0 unspecified atom stereocenters. The summed E-state index contributed by atoms with van der Waals surface area (Å²) in [6.07, 6.45) is 0.422. The molecule has 0 radical (unpaired) electrons. The minimum Gasteiger partial charge on any atom is -0.486 e. The fourth-order valence-corrected chi connectivity index (χ4v) is 1.39.